The van der Waals surface area contributed by atoms with E-state index in [-0.39, 0.29) is 18.5 Å². The van der Waals surface area contributed by atoms with Gasteiger partial charge in [0.1, 0.15) is 18.3 Å². The van der Waals surface area contributed by atoms with Crippen molar-refractivity contribution < 1.29 is 13.8 Å². The fourth-order valence-corrected chi connectivity index (χ4v) is 1.51. The average Bonchev–Trinajstić information content (AvgIpc) is 2.96. The summed E-state index contributed by atoms with van der Waals surface area (Å²) >= 11 is 0. The van der Waals surface area contributed by atoms with Gasteiger partial charge in [-0.25, -0.2) is 4.57 Å². The number of nitrogens with zero attached hydrogens (tertiary/aromatic N) is 3. The summed E-state index contributed by atoms with van der Waals surface area (Å²) < 4.78 is 8.68. The summed E-state index contributed by atoms with van der Waals surface area (Å²) in [4.78, 5) is 11.7. The van der Waals surface area contributed by atoms with Crippen molar-refractivity contribution in [3.8, 4) is 0 Å². The van der Waals surface area contributed by atoms with Crippen LogP contribution in [0.4, 0.5) is 0 Å². The minimum Gasteiger partial charge on any atom is -0.467 e. The van der Waals surface area contributed by atoms with Crippen LogP contribution < -0.4 is 9.88 Å². The highest BCUT2D eigenvalue weighted by Gasteiger charge is 2.12. The number of carbonyl (C=O) groups is 1. The molecule has 1 amide bonds. The van der Waals surface area contributed by atoms with Crippen molar-refractivity contribution in [2.24, 2.45) is 0 Å². The maximum atomic E-state index is 11.7. The van der Waals surface area contributed by atoms with E-state index in [0.717, 1.165) is 5.76 Å². The molecule has 0 spiro atoms. The van der Waals surface area contributed by atoms with E-state index in [9.17, 15) is 4.79 Å². The molecular weight excluding hydrogens is 232 g/mol. The van der Waals surface area contributed by atoms with Crippen LogP contribution in [0.25, 0.3) is 0 Å². The lowest BCUT2D eigenvalue weighted by Gasteiger charge is -2.01. The maximum Gasteiger partial charge on any atom is 0.265 e. The number of nitrogens with one attached hydrogen (secondary N) is 1. The molecule has 2 heterocycles. The number of aromatic nitrogens is 3. The predicted octanol–water partition coefficient (Wildman–Crippen LogP) is 0.661. The molecule has 0 atom stereocenters. The van der Waals surface area contributed by atoms with Crippen molar-refractivity contribution in [1.29, 1.82) is 0 Å². The quantitative estimate of drug-likeness (QED) is 0.792. The van der Waals surface area contributed by atoms with E-state index < -0.39 is 0 Å². The molecule has 1 N–H and O–H groups in total. The molecule has 6 heteroatoms. The molecule has 0 unspecified atom stereocenters. The molecule has 0 aliphatic rings. The van der Waals surface area contributed by atoms with Gasteiger partial charge in [0, 0.05) is 5.10 Å². The maximum absolute atomic E-state index is 11.7. The first-order valence-electron chi connectivity index (χ1n) is 5.87. The number of furan rings is 1. The normalized spacial score (nSPS) is 10.8. The smallest absolute Gasteiger partial charge is 0.265 e. The van der Waals surface area contributed by atoms with Gasteiger partial charge in [0.2, 0.25) is 6.33 Å². The van der Waals surface area contributed by atoms with E-state index >= 15 is 0 Å². The van der Waals surface area contributed by atoms with E-state index in [1.54, 1.807) is 27.9 Å². The summed E-state index contributed by atoms with van der Waals surface area (Å²) in [6.45, 7) is 4.74. The Balaban J connectivity index is 1.83. The second-order valence-electron chi connectivity index (χ2n) is 4.35. The van der Waals surface area contributed by atoms with Crippen LogP contribution in [0.5, 0.6) is 0 Å². The van der Waals surface area contributed by atoms with Crippen LogP contribution in [0, 0.1) is 0 Å². The number of hydrogen-bond donors (Lipinski definition) is 1. The fraction of sp³-hybridized carbons (Fsp3) is 0.417. The van der Waals surface area contributed by atoms with Gasteiger partial charge in [-0.1, -0.05) is 0 Å². The van der Waals surface area contributed by atoms with Crippen LogP contribution in [0.3, 0.4) is 0 Å². The van der Waals surface area contributed by atoms with Gasteiger partial charge >= 0.3 is 0 Å². The summed E-state index contributed by atoms with van der Waals surface area (Å²) in [5.41, 5.74) is 0. The van der Waals surface area contributed by atoms with Crippen LogP contribution in [0.2, 0.25) is 0 Å². The Kier molecular flexibility index (Phi) is 3.76. The zero-order chi connectivity index (χ0) is 13.0. The summed E-state index contributed by atoms with van der Waals surface area (Å²) in [6.07, 6.45) is 5.05. The highest BCUT2D eigenvalue weighted by molar-refractivity contribution is 5.74. The molecular formula is C12H17N4O2+. The second kappa shape index (κ2) is 5.48. The zero-order valence-corrected chi connectivity index (χ0v) is 10.5. The highest BCUT2D eigenvalue weighted by Crippen LogP contribution is 1.98. The van der Waals surface area contributed by atoms with E-state index in [2.05, 4.69) is 10.4 Å². The molecule has 0 saturated carbocycles. The van der Waals surface area contributed by atoms with Crippen molar-refractivity contribution >= 4 is 5.91 Å². The first kappa shape index (κ1) is 12.3. The topological polar surface area (TPSA) is 63.9 Å². The van der Waals surface area contributed by atoms with E-state index in [1.807, 2.05) is 26.2 Å². The Bertz CT molecular complexity index is 502. The van der Waals surface area contributed by atoms with Crippen molar-refractivity contribution in [2.75, 3.05) is 0 Å². The first-order chi connectivity index (χ1) is 8.65. The monoisotopic (exact) mass is 249 g/mol. The van der Waals surface area contributed by atoms with E-state index in [1.165, 1.54) is 0 Å². The van der Waals surface area contributed by atoms with E-state index in [4.69, 9.17) is 4.42 Å². The summed E-state index contributed by atoms with van der Waals surface area (Å²) in [5, 5.41) is 6.94. The minimum atomic E-state index is -0.0697. The van der Waals surface area contributed by atoms with Crippen molar-refractivity contribution in [2.45, 2.75) is 33.0 Å². The summed E-state index contributed by atoms with van der Waals surface area (Å²) in [6, 6.07) is 3.91. The van der Waals surface area contributed by atoms with Gasteiger partial charge in [-0.3, -0.25) is 4.79 Å². The molecule has 0 aliphatic carbocycles. The number of carbonyl (C=O) groups excluding carboxylic acids is 1. The van der Waals surface area contributed by atoms with Crippen LogP contribution in [-0.2, 0) is 17.9 Å². The lowest BCUT2D eigenvalue weighted by Crippen LogP contribution is -2.41. The molecule has 0 aliphatic heterocycles. The molecule has 96 valence electrons. The molecule has 0 aromatic carbocycles. The third kappa shape index (κ3) is 3.19. The third-order valence-corrected chi connectivity index (χ3v) is 2.50. The number of hydrogen-bond acceptors (Lipinski definition) is 3. The molecule has 2 aromatic heterocycles. The van der Waals surface area contributed by atoms with Gasteiger partial charge in [0.05, 0.1) is 12.8 Å². The van der Waals surface area contributed by atoms with Crippen molar-refractivity contribution in [1.82, 2.24) is 15.1 Å². The molecule has 2 rings (SSSR count). The van der Waals surface area contributed by atoms with Gasteiger partial charge in [-0.05, 0) is 26.0 Å². The Morgan fingerprint density at radius 1 is 1.61 bits per heavy atom. The van der Waals surface area contributed by atoms with Crippen LogP contribution in [0.15, 0.2) is 35.5 Å². The van der Waals surface area contributed by atoms with Crippen LogP contribution in [0.1, 0.15) is 25.6 Å². The Hall–Kier alpha value is -2.11. The molecule has 0 fully saturated rings. The Labute approximate surface area is 105 Å². The highest BCUT2D eigenvalue weighted by atomic mass is 16.3. The molecule has 2 aromatic rings. The van der Waals surface area contributed by atoms with E-state index in [0.29, 0.717) is 6.54 Å². The van der Waals surface area contributed by atoms with Gasteiger partial charge in [-0.2, -0.15) is 0 Å². The predicted molar refractivity (Wildman–Crippen MR) is 63.4 cm³/mol. The van der Waals surface area contributed by atoms with Crippen molar-refractivity contribution in [3.05, 3.63) is 36.8 Å². The second-order valence-corrected chi connectivity index (χ2v) is 4.35. The third-order valence-electron chi connectivity index (χ3n) is 2.50. The molecule has 0 bridgehead atoms. The number of rotatable bonds is 5. The van der Waals surface area contributed by atoms with Crippen molar-refractivity contribution in [3.63, 3.8) is 0 Å². The van der Waals surface area contributed by atoms with Crippen LogP contribution in [-0.4, -0.2) is 15.7 Å². The van der Waals surface area contributed by atoms with Gasteiger partial charge in [0.25, 0.3) is 12.2 Å². The minimum absolute atomic E-state index is 0.0697. The van der Waals surface area contributed by atoms with Gasteiger partial charge in [0.15, 0.2) is 0 Å². The standard InChI is InChI=1S/C12H16N4O2/c1-10(2)16-9-15(8-14-16)7-12(17)13-6-11-4-3-5-18-11/h3-5,8-10H,6-7H2,1-2H3/p+1. The molecule has 0 saturated heterocycles. The molecule has 18 heavy (non-hydrogen) atoms. The summed E-state index contributed by atoms with van der Waals surface area (Å²) in [5.74, 6) is 0.672. The molecule has 6 nitrogen and oxygen atoms in total. The number of amides is 1. The molecule has 0 radical (unpaired) electrons. The lowest BCUT2D eigenvalue weighted by molar-refractivity contribution is -0.685. The lowest BCUT2D eigenvalue weighted by atomic mass is 10.4. The fourth-order valence-electron chi connectivity index (χ4n) is 1.51. The van der Waals surface area contributed by atoms with Crippen LogP contribution >= 0.6 is 0 Å². The Morgan fingerprint density at radius 2 is 2.44 bits per heavy atom. The largest absolute Gasteiger partial charge is 0.467 e. The van der Waals surface area contributed by atoms with Gasteiger partial charge < -0.3 is 9.73 Å². The Morgan fingerprint density at radius 3 is 3.06 bits per heavy atom. The SMILES string of the molecule is CC(C)n1c[n+](CC(=O)NCc2ccco2)cn1. The van der Waals surface area contributed by atoms with Gasteiger partial charge in [-0.15, -0.1) is 4.68 Å². The average molecular weight is 249 g/mol. The zero-order valence-electron chi connectivity index (χ0n) is 10.5. The first-order valence-corrected chi connectivity index (χ1v) is 5.87. The summed E-state index contributed by atoms with van der Waals surface area (Å²) in [7, 11) is 0.